The number of likely N-dealkylation sites (tertiary alicyclic amines) is 1. The van der Waals surface area contributed by atoms with Crippen LogP contribution >= 0.6 is 0 Å². The number of carbonyl (C=O) groups is 1. The zero-order chi connectivity index (χ0) is 23.8. The van der Waals surface area contributed by atoms with Gasteiger partial charge < -0.3 is 19.7 Å². The van der Waals surface area contributed by atoms with Gasteiger partial charge in [-0.15, -0.1) is 0 Å². The van der Waals surface area contributed by atoms with Crippen LogP contribution in [0, 0.1) is 6.92 Å². The van der Waals surface area contributed by atoms with Gasteiger partial charge in [-0.25, -0.2) is 18.3 Å². The van der Waals surface area contributed by atoms with E-state index in [2.05, 4.69) is 20.4 Å². The number of nitrogens with zero attached hydrogens (tertiary/aromatic N) is 5. The number of amides is 1. The van der Waals surface area contributed by atoms with Crippen LogP contribution in [0.2, 0.25) is 0 Å². The van der Waals surface area contributed by atoms with Crippen molar-refractivity contribution >= 4 is 11.9 Å². The Hall–Kier alpha value is -2.98. The predicted molar refractivity (Wildman–Crippen MR) is 117 cm³/mol. The van der Waals surface area contributed by atoms with Crippen molar-refractivity contribution in [1.29, 1.82) is 0 Å². The van der Waals surface area contributed by atoms with E-state index in [1.54, 1.807) is 17.2 Å². The first-order valence-corrected chi connectivity index (χ1v) is 11.2. The minimum atomic E-state index is -2.60. The predicted octanol–water partition coefficient (Wildman–Crippen LogP) is 3.96. The SMILES string of the molecule is Cc1ccn(-c2nc(NC3CCC(F)(F)CC3)cc(OC3CN(C(=O)OC(C)(C)C)C3)n2)n1. The van der Waals surface area contributed by atoms with E-state index in [0.717, 1.165) is 5.69 Å². The molecule has 2 aromatic rings. The largest absolute Gasteiger partial charge is 0.470 e. The zero-order valence-electron chi connectivity index (χ0n) is 19.3. The first kappa shape index (κ1) is 23.2. The van der Waals surface area contributed by atoms with E-state index < -0.39 is 11.5 Å². The van der Waals surface area contributed by atoms with Gasteiger partial charge in [-0.3, -0.25) is 0 Å². The highest BCUT2D eigenvalue weighted by Crippen LogP contribution is 2.34. The molecule has 1 saturated heterocycles. The third-order valence-corrected chi connectivity index (χ3v) is 5.47. The Kier molecular flexibility index (Phi) is 6.15. The number of hydrogen-bond donors (Lipinski definition) is 1. The van der Waals surface area contributed by atoms with Gasteiger partial charge in [-0.05, 0) is 46.6 Å². The van der Waals surface area contributed by atoms with E-state index >= 15 is 0 Å². The highest BCUT2D eigenvalue weighted by Gasteiger charge is 2.36. The average molecular weight is 465 g/mol. The Morgan fingerprint density at radius 1 is 1.21 bits per heavy atom. The number of anilines is 1. The molecule has 2 fully saturated rings. The molecule has 2 aromatic heterocycles. The first-order chi connectivity index (χ1) is 15.5. The summed E-state index contributed by atoms with van der Waals surface area (Å²) in [6.07, 6.45) is 1.55. The van der Waals surface area contributed by atoms with Crippen LogP contribution in [0.25, 0.3) is 5.95 Å². The summed E-state index contributed by atoms with van der Waals surface area (Å²) in [6, 6.07) is 3.38. The molecule has 0 unspecified atom stereocenters. The Morgan fingerprint density at radius 2 is 1.91 bits per heavy atom. The second-order valence-corrected chi connectivity index (χ2v) is 9.69. The van der Waals surface area contributed by atoms with Crippen molar-refractivity contribution in [3.63, 3.8) is 0 Å². The van der Waals surface area contributed by atoms with Crippen molar-refractivity contribution in [2.24, 2.45) is 0 Å². The number of aryl methyl sites for hydroxylation is 1. The highest BCUT2D eigenvalue weighted by molar-refractivity contribution is 5.69. The van der Waals surface area contributed by atoms with Crippen molar-refractivity contribution in [2.45, 2.75) is 77.0 Å². The van der Waals surface area contributed by atoms with Crippen LogP contribution in [0.5, 0.6) is 5.88 Å². The van der Waals surface area contributed by atoms with Gasteiger partial charge in [-0.1, -0.05) is 0 Å². The van der Waals surface area contributed by atoms with Crippen molar-refractivity contribution in [3.05, 3.63) is 24.0 Å². The molecule has 4 rings (SSSR count). The third-order valence-electron chi connectivity index (χ3n) is 5.47. The molecule has 0 aromatic carbocycles. The fourth-order valence-electron chi connectivity index (χ4n) is 3.73. The summed E-state index contributed by atoms with van der Waals surface area (Å²) in [5.41, 5.74) is 0.247. The monoisotopic (exact) mass is 464 g/mol. The molecular weight excluding hydrogens is 434 g/mol. The second kappa shape index (κ2) is 8.75. The molecule has 0 radical (unpaired) electrons. The van der Waals surface area contributed by atoms with E-state index in [0.29, 0.717) is 43.6 Å². The maximum Gasteiger partial charge on any atom is 0.410 e. The number of aromatic nitrogens is 4. The van der Waals surface area contributed by atoms with Gasteiger partial charge in [0.05, 0.1) is 18.8 Å². The lowest BCUT2D eigenvalue weighted by molar-refractivity contribution is -0.0361. The van der Waals surface area contributed by atoms with Crippen LogP contribution in [0.15, 0.2) is 18.3 Å². The highest BCUT2D eigenvalue weighted by atomic mass is 19.3. The standard InChI is InChI=1S/C22H30F2N6O3/c1-14-7-10-30(28-14)19-26-17(25-15-5-8-22(23,24)9-6-15)11-18(27-19)32-16-12-29(13-16)20(31)33-21(2,3)4/h7,10-11,15-16H,5-6,8-9,12-13H2,1-4H3,(H,25,26,27). The molecule has 0 atom stereocenters. The summed E-state index contributed by atoms with van der Waals surface area (Å²) in [4.78, 5) is 22.7. The first-order valence-electron chi connectivity index (χ1n) is 11.2. The Labute approximate surface area is 191 Å². The Bertz CT molecular complexity index is 990. The summed E-state index contributed by atoms with van der Waals surface area (Å²) in [5.74, 6) is -1.47. The van der Waals surface area contributed by atoms with E-state index in [1.165, 1.54) is 4.68 Å². The fourth-order valence-corrected chi connectivity index (χ4v) is 3.73. The molecule has 33 heavy (non-hydrogen) atoms. The molecule has 1 aliphatic carbocycles. The Morgan fingerprint density at radius 3 is 2.52 bits per heavy atom. The zero-order valence-corrected chi connectivity index (χ0v) is 19.3. The lowest BCUT2D eigenvalue weighted by Gasteiger charge is -2.39. The molecule has 1 amide bonds. The van der Waals surface area contributed by atoms with Crippen LogP contribution < -0.4 is 10.1 Å². The lowest BCUT2D eigenvalue weighted by atomic mass is 9.92. The van der Waals surface area contributed by atoms with E-state index in [1.807, 2.05) is 33.8 Å². The molecule has 3 heterocycles. The fraction of sp³-hybridized carbons (Fsp3) is 0.636. The van der Waals surface area contributed by atoms with Crippen molar-refractivity contribution in [2.75, 3.05) is 18.4 Å². The van der Waals surface area contributed by atoms with E-state index in [4.69, 9.17) is 9.47 Å². The number of alkyl halides is 2. The summed E-state index contributed by atoms with van der Waals surface area (Å²) >= 11 is 0. The third kappa shape index (κ3) is 6.08. The smallest absolute Gasteiger partial charge is 0.410 e. The number of rotatable bonds is 5. The maximum atomic E-state index is 13.5. The van der Waals surface area contributed by atoms with Gasteiger partial charge in [0.1, 0.15) is 17.5 Å². The maximum absolute atomic E-state index is 13.5. The van der Waals surface area contributed by atoms with Crippen LogP contribution in [0.3, 0.4) is 0 Å². The van der Waals surface area contributed by atoms with E-state index in [-0.39, 0.29) is 31.1 Å². The van der Waals surface area contributed by atoms with Gasteiger partial charge in [0.2, 0.25) is 11.8 Å². The molecule has 2 aliphatic rings. The summed E-state index contributed by atoms with van der Waals surface area (Å²) < 4.78 is 39.9. The topological polar surface area (TPSA) is 94.4 Å². The van der Waals surface area contributed by atoms with Gasteiger partial charge in [0, 0.05) is 31.1 Å². The van der Waals surface area contributed by atoms with Gasteiger partial charge in [0.15, 0.2) is 0 Å². The summed E-state index contributed by atoms with van der Waals surface area (Å²) in [5, 5.41) is 7.60. The number of carbonyl (C=O) groups excluding carboxylic acids is 1. The van der Waals surface area contributed by atoms with Gasteiger partial charge >= 0.3 is 6.09 Å². The molecular formula is C22H30F2N6O3. The summed E-state index contributed by atoms with van der Waals surface area (Å²) in [7, 11) is 0. The van der Waals surface area contributed by atoms with Crippen LogP contribution in [-0.2, 0) is 4.74 Å². The minimum absolute atomic E-state index is 0.106. The number of halogens is 2. The quantitative estimate of drug-likeness (QED) is 0.716. The normalized spacial score (nSPS) is 19.2. The van der Waals surface area contributed by atoms with Gasteiger partial charge in [0.25, 0.3) is 5.95 Å². The summed E-state index contributed by atoms with van der Waals surface area (Å²) in [6.45, 7) is 8.09. The number of ether oxygens (including phenoxy) is 2. The van der Waals surface area contributed by atoms with Crippen LogP contribution in [-0.4, -0.2) is 67.5 Å². The van der Waals surface area contributed by atoms with Crippen LogP contribution in [0.4, 0.5) is 19.4 Å². The molecule has 0 bridgehead atoms. The molecule has 0 spiro atoms. The van der Waals surface area contributed by atoms with Gasteiger partial charge in [-0.2, -0.15) is 15.1 Å². The average Bonchev–Trinajstić information content (AvgIpc) is 3.11. The molecule has 1 saturated carbocycles. The lowest BCUT2D eigenvalue weighted by Crippen LogP contribution is -2.57. The molecule has 1 aliphatic heterocycles. The minimum Gasteiger partial charge on any atom is -0.470 e. The molecule has 11 heteroatoms. The van der Waals surface area contributed by atoms with Crippen molar-refractivity contribution in [3.8, 4) is 11.8 Å². The molecule has 9 nitrogen and oxygen atoms in total. The molecule has 1 N–H and O–H groups in total. The number of hydrogen-bond acceptors (Lipinski definition) is 7. The van der Waals surface area contributed by atoms with E-state index in [9.17, 15) is 13.6 Å². The molecule has 180 valence electrons. The Balaban J connectivity index is 1.45. The second-order valence-electron chi connectivity index (χ2n) is 9.69. The number of nitrogens with one attached hydrogen (secondary N) is 1. The van der Waals surface area contributed by atoms with Crippen molar-refractivity contribution < 1.29 is 23.0 Å². The van der Waals surface area contributed by atoms with Crippen LogP contribution in [0.1, 0.15) is 52.1 Å². The van der Waals surface area contributed by atoms with Crippen molar-refractivity contribution in [1.82, 2.24) is 24.6 Å².